The summed E-state index contributed by atoms with van der Waals surface area (Å²) in [6.45, 7) is 3.12. The molecule has 2 atom stereocenters. The van der Waals surface area contributed by atoms with Gasteiger partial charge in [0, 0.05) is 0 Å². The van der Waals surface area contributed by atoms with Crippen LogP contribution in [0.5, 0.6) is 0 Å². The molecule has 16 heavy (non-hydrogen) atoms. The molecule has 0 radical (unpaired) electrons. The Balaban J connectivity index is 3.12. The van der Waals surface area contributed by atoms with Gasteiger partial charge in [0.05, 0.1) is 16.2 Å². The lowest BCUT2D eigenvalue weighted by atomic mass is 10.2. The first kappa shape index (κ1) is 13.1. The third kappa shape index (κ3) is 2.59. The van der Waals surface area contributed by atoms with Crippen LogP contribution in [0, 0.1) is 5.82 Å². The van der Waals surface area contributed by atoms with Crippen molar-refractivity contribution in [1.29, 1.82) is 0 Å². The zero-order valence-electron chi connectivity index (χ0n) is 9.22. The maximum atomic E-state index is 12.9. The molecule has 1 N–H and O–H groups in total. The van der Waals surface area contributed by atoms with Crippen LogP contribution in [0.4, 0.5) is 4.39 Å². The molecule has 0 aromatic heterocycles. The maximum Gasteiger partial charge on any atom is 0.183 e. The van der Waals surface area contributed by atoms with Gasteiger partial charge in [-0.2, -0.15) is 0 Å². The molecule has 0 aliphatic heterocycles. The summed E-state index contributed by atoms with van der Waals surface area (Å²) in [5, 5.41) is 8.59. The van der Waals surface area contributed by atoms with Crippen LogP contribution in [0.2, 0.25) is 0 Å². The van der Waals surface area contributed by atoms with Crippen molar-refractivity contribution in [3.8, 4) is 0 Å². The fourth-order valence-corrected chi connectivity index (χ4v) is 2.98. The highest BCUT2D eigenvalue weighted by molar-refractivity contribution is 7.92. The molecule has 0 heterocycles. The molecule has 1 aromatic carbocycles. The van der Waals surface area contributed by atoms with Crippen LogP contribution in [0.3, 0.4) is 0 Å². The quantitative estimate of drug-likeness (QED) is 0.880. The Morgan fingerprint density at radius 3 is 2.56 bits per heavy atom. The molecule has 2 unspecified atom stereocenters. The molecule has 0 fully saturated rings. The minimum atomic E-state index is -3.66. The van der Waals surface area contributed by atoms with Gasteiger partial charge >= 0.3 is 0 Å². The summed E-state index contributed by atoms with van der Waals surface area (Å²) in [7, 11) is -3.66. The van der Waals surface area contributed by atoms with Crippen molar-refractivity contribution in [3.05, 3.63) is 30.1 Å². The van der Waals surface area contributed by atoms with Crippen LogP contribution in [0.25, 0.3) is 0 Å². The molecule has 0 spiro atoms. The van der Waals surface area contributed by atoms with Gasteiger partial charge in [-0.15, -0.1) is 0 Å². The number of hydrogen-bond acceptors (Lipinski definition) is 3. The predicted molar refractivity (Wildman–Crippen MR) is 59.3 cm³/mol. The molecule has 0 aliphatic rings. The average molecular weight is 246 g/mol. The second kappa shape index (κ2) is 4.93. The number of aliphatic hydroxyl groups excluding tert-OH is 1. The first-order chi connectivity index (χ1) is 7.39. The molecule has 0 saturated carbocycles. The average Bonchev–Trinajstić information content (AvgIpc) is 2.27. The monoisotopic (exact) mass is 246 g/mol. The SMILES string of the molecule is CCC(O)C(C)S(=O)(=O)c1cccc(F)c1. The molecule has 0 bridgehead atoms. The van der Waals surface area contributed by atoms with E-state index in [1.807, 2.05) is 0 Å². The Labute approximate surface area is 94.8 Å². The van der Waals surface area contributed by atoms with Crippen molar-refractivity contribution >= 4 is 9.84 Å². The highest BCUT2D eigenvalue weighted by Gasteiger charge is 2.28. The van der Waals surface area contributed by atoms with Crippen LogP contribution < -0.4 is 0 Å². The lowest BCUT2D eigenvalue weighted by Gasteiger charge is -2.17. The summed E-state index contributed by atoms with van der Waals surface area (Å²) in [4.78, 5) is -0.0903. The van der Waals surface area contributed by atoms with E-state index in [1.165, 1.54) is 25.1 Å². The molecule has 1 rings (SSSR count). The van der Waals surface area contributed by atoms with E-state index in [0.29, 0.717) is 6.42 Å². The first-order valence-corrected chi connectivity index (χ1v) is 6.61. The van der Waals surface area contributed by atoms with E-state index in [4.69, 9.17) is 0 Å². The molecule has 0 amide bonds. The summed E-state index contributed by atoms with van der Waals surface area (Å²) < 4.78 is 36.8. The Kier molecular flexibility index (Phi) is 4.04. The van der Waals surface area contributed by atoms with Crippen LogP contribution in [-0.2, 0) is 9.84 Å². The zero-order chi connectivity index (χ0) is 12.3. The maximum absolute atomic E-state index is 12.9. The third-order valence-corrected chi connectivity index (χ3v) is 4.78. The van der Waals surface area contributed by atoms with E-state index >= 15 is 0 Å². The van der Waals surface area contributed by atoms with Gasteiger partial charge in [0.15, 0.2) is 9.84 Å². The van der Waals surface area contributed by atoms with Crippen LogP contribution >= 0.6 is 0 Å². The highest BCUT2D eigenvalue weighted by Crippen LogP contribution is 2.20. The van der Waals surface area contributed by atoms with Gasteiger partial charge in [-0.05, 0) is 31.5 Å². The Bertz CT molecular complexity index is 456. The Morgan fingerprint density at radius 2 is 2.06 bits per heavy atom. The Hall–Kier alpha value is -0.940. The molecule has 3 nitrogen and oxygen atoms in total. The van der Waals surface area contributed by atoms with Crippen molar-refractivity contribution in [2.45, 2.75) is 36.5 Å². The third-order valence-electron chi connectivity index (χ3n) is 2.57. The van der Waals surface area contributed by atoms with Crippen molar-refractivity contribution in [2.24, 2.45) is 0 Å². The lowest BCUT2D eigenvalue weighted by Crippen LogP contribution is -2.30. The molecular weight excluding hydrogens is 231 g/mol. The van der Waals surface area contributed by atoms with E-state index in [0.717, 1.165) is 6.07 Å². The van der Waals surface area contributed by atoms with Gasteiger partial charge < -0.3 is 5.11 Å². The Morgan fingerprint density at radius 1 is 1.44 bits per heavy atom. The summed E-state index contributed by atoms with van der Waals surface area (Å²) >= 11 is 0. The van der Waals surface area contributed by atoms with E-state index < -0.39 is 27.0 Å². The second-order valence-electron chi connectivity index (χ2n) is 3.68. The molecule has 0 aliphatic carbocycles. The zero-order valence-corrected chi connectivity index (χ0v) is 10.0. The molecule has 0 saturated heterocycles. The number of rotatable bonds is 4. The highest BCUT2D eigenvalue weighted by atomic mass is 32.2. The molecule has 90 valence electrons. The van der Waals surface area contributed by atoms with Gasteiger partial charge in [-0.3, -0.25) is 0 Å². The summed E-state index contributed by atoms with van der Waals surface area (Å²) in [5.41, 5.74) is 0. The number of aliphatic hydroxyl groups is 1. The van der Waals surface area contributed by atoms with Crippen LogP contribution in [0.1, 0.15) is 20.3 Å². The van der Waals surface area contributed by atoms with Gasteiger partial charge in [0.1, 0.15) is 5.82 Å². The lowest BCUT2D eigenvalue weighted by molar-refractivity contribution is 0.168. The van der Waals surface area contributed by atoms with E-state index in [9.17, 15) is 17.9 Å². The predicted octanol–water partition coefficient (Wildman–Crippen LogP) is 1.76. The minimum absolute atomic E-state index is 0.0903. The van der Waals surface area contributed by atoms with Crippen molar-refractivity contribution < 1.29 is 17.9 Å². The van der Waals surface area contributed by atoms with Crippen molar-refractivity contribution in [1.82, 2.24) is 0 Å². The second-order valence-corrected chi connectivity index (χ2v) is 5.99. The fraction of sp³-hybridized carbons (Fsp3) is 0.455. The van der Waals surface area contributed by atoms with Gasteiger partial charge in [0.2, 0.25) is 0 Å². The van der Waals surface area contributed by atoms with Crippen molar-refractivity contribution in [3.63, 3.8) is 0 Å². The van der Waals surface area contributed by atoms with Gasteiger partial charge in [0.25, 0.3) is 0 Å². The van der Waals surface area contributed by atoms with Crippen LogP contribution in [-0.4, -0.2) is 24.9 Å². The first-order valence-electron chi connectivity index (χ1n) is 5.07. The summed E-state index contributed by atoms with van der Waals surface area (Å²) in [5.74, 6) is -0.598. The fourth-order valence-electron chi connectivity index (χ4n) is 1.40. The van der Waals surface area contributed by atoms with E-state index in [1.54, 1.807) is 6.92 Å². The van der Waals surface area contributed by atoms with E-state index in [-0.39, 0.29) is 4.90 Å². The van der Waals surface area contributed by atoms with Crippen molar-refractivity contribution in [2.75, 3.05) is 0 Å². The van der Waals surface area contributed by atoms with E-state index in [2.05, 4.69) is 0 Å². The molecule has 5 heteroatoms. The number of hydrogen-bond donors (Lipinski definition) is 1. The minimum Gasteiger partial charge on any atom is -0.392 e. The smallest absolute Gasteiger partial charge is 0.183 e. The number of halogens is 1. The topological polar surface area (TPSA) is 54.4 Å². The number of sulfone groups is 1. The number of benzene rings is 1. The van der Waals surface area contributed by atoms with Gasteiger partial charge in [-0.25, -0.2) is 12.8 Å². The molecule has 1 aromatic rings. The normalized spacial score (nSPS) is 15.8. The summed E-state index contributed by atoms with van der Waals surface area (Å²) in [6.07, 6.45) is -0.594. The largest absolute Gasteiger partial charge is 0.392 e. The summed E-state index contributed by atoms with van der Waals surface area (Å²) in [6, 6.07) is 4.82. The van der Waals surface area contributed by atoms with Gasteiger partial charge in [-0.1, -0.05) is 13.0 Å². The standard InChI is InChI=1S/C11H15FO3S/c1-3-11(13)8(2)16(14,15)10-6-4-5-9(12)7-10/h4-8,11,13H,3H2,1-2H3. The van der Waals surface area contributed by atoms with Crippen LogP contribution in [0.15, 0.2) is 29.2 Å². The molecular formula is C11H15FO3S.